The number of carbonyl (C=O) groups is 1. The van der Waals surface area contributed by atoms with Crippen molar-refractivity contribution in [1.29, 1.82) is 0 Å². The standard InChI is InChI=1S/C23H25N3O5S2/c1-30-15-3-14-24-23(27)17-4-13-22(25-16-17)32-20-9-5-18(6-10-20)26-33(28,29)21-11-7-19(31-2)8-12-21/h4-13,16,26H,3,14-15H2,1-2H3,(H,24,27). The first kappa shape index (κ1) is 24.6. The number of nitrogens with one attached hydrogen (secondary N) is 2. The SMILES string of the molecule is COCCCNC(=O)c1ccc(Sc2ccc(NS(=O)(=O)c3ccc(OC)cc3)cc2)nc1. The van der Waals surface area contributed by atoms with E-state index < -0.39 is 10.0 Å². The van der Waals surface area contributed by atoms with E-state index in [1.165, 1.54) is 37.2 Å². The Morgan fingerprint density at radius 2 is 1.73 bits per heavy atom. The van der Waals surface area contributed by atoms with E-state index in [9.17, 15) is 13.2 Å². The second-order valence-corrected chi connectivity index (χ2v) is 9.67. The first-order valence-electron chi connectivity index (χ1n) is 10.1. The van der Waals surface area contributed by atoms with E-state index >= 15 is 0 Å². The molecule has 8 nitrogen and oxygen atoms in total. The van der Waals surface area contributed by atoms with Crippen LogP contribution >= 0.6 is 11.8 Å². The van der Waals surface area contributed by atoms with Gasteiger partial charge in [-0.25, -0.2) is 13.4 Å². The van der Waals surface area contributed by atoms with Crippen LogP contribution in [0.15, 0.2) is 81.7 Å². The molecule has 0 fully saturated rings. The summed E-state index contributed by atoms with van der Waals surface area (Å²) in [5, 5.41) is 3.54. The monoisotopic (exact) mass is 487 g/mol. The molecule has 2 aromatic carbocycles. The van der Waals surface area contributed by atoms with Gasteiger partial charge in [-0.3, -0.25) is 9.52 Å². The Morgan fingerprint density at radius 3 is 2.33 bits per heavy atom. The van der Waals surface area contributed by atoms with E-state index in [0.29, 0.717) is 30.2 Å². The smallest absolute Gasteiger partial charge is 0.261 e. The van der Waals surface area contributed by atoms with Crippen molar-refractivity contribution < 1.29 is 22.7 Å². The summed E-state index contributed by atoms with van der Waals surface area (Å²) >= 11 is 1.41. The number of anilines is 1. The molecule has 0 atom stereocenters. The molecule has 2 N–H and O–H groups in total. The Balaban J connectivity index is 1.57. The Bertz CT molecular complexity index is 1150. The van der Waals surface area contributed by atoms with Crippen molar-refractivity contribution in [3.63, 3.8) is 0 Å². The summed E-state index contributed by atoms with van der Waals surface area (Å²) in [6.07, 6.45) is 2.28. The van der Waals surface area contributed by atoms with E-state index in [0.717, 1.165) is 16.3 Å². The number of pyridine rings is 1. The minimum Gasteiger partial charge on any atom is -0.497 e. The molecule has 1 aromatic heterocycles. The molecule has 0 saturated heterocycles. The van der Waals surface area contributed by atoms with Gasteiger partial charge in [-0.1, -0.05) is 11.8 Å². The quantitative estimate of drug-likeness (QED) is 0.396. The molecule has 0 spiro atoms. The maximum absolute atomic E-state index is 12.6. The molecule has 3 aromatic rings. The molecule has 0 aliphatic heterocycles. The summed E-state index contributed by atoms with van der Waals surface area (Å²) in [5.74, 6) is 0.406. The molecular weight excluding hydrogens is 462 g/mol. The van der Waals surface area contributed by atoms with E-state index in [1.54, 1.807) is 55.6 Å². The average molecular weight is 488 g/mol. The summed E-state index contributed by atoms with van der Waals surface area (Å²) in [4.78, 5) is 17.5. The molecule has 3 rings (SSSR count). The Labute approximate surface area is 197 Å². The topological polar surface area (TPSA) is 107 Å². The Kier molecular flexibility index (Phi) is 8.70. The lowest BCUT2D eigenvalue weighted by Crippen LogP contribution is -2.25. The van der Waals surface area contributed by atoms with Crippen LogP contribution in [0.3, 0.4) is 0 Å². The molecule has 33 heavy (non-hydrogen) atoms. The molecule has 0 aliphatic carbocycles. The van der Waals surface area contributed by atoms with Crippen LogP contribution < -0.4 is 14.8 Å². The number of aromatic nitrogens is 1. The fourth-order valence-electron chi connectivity index (χ4n) is 2.78. The van der Waals surface area contributed by atoms with Crippen molar-refractivity contribution in [3.8, 4) is 5.75 Å². The summed E-state index contributed by atoms with van der Waals surface area (Å²) in [6.45, 7) is 1.13. The molecule has 1 heterocycles. The molecule has 0 bridgehead atoms. The molecule has 0 radical (unpaired) electrons. The van der Waals surface area contributed by atoms with Crippen molar-refractivity contribution in [2.24, 2.45) is 0 Å². The van der Waals surface area contributed by atoms with Crippen molar-refractivity contribution in [2.45, 2.75) is 21.2 Å². The van der Waals surface area contributed by atoms with Gasteiger partial charge in [0, 0.05) is 37.0 Å². The van der Waals surface area contributed by atoms with Gasteiger partial charge in [-0.2, -0.15) is 0 Å². The van der Waals surface area contributed by atoms with E-state index in [2.05, 4.69) is 15.0 Å². The van der Waals surface area contributed by atoms with Crippen molar-refractivity contribution in [3.05, 3.63) is 72.4 Å². The zero-order valence-electron chi connectivity index (χ0n) is 18.3. The molecule has 10 heteroatoms. The number of hydrogen-bond acceptors (Lipinski definition) is 7. The summed E-state index contributed by atoms with van der Waals surface area (Å²) in [6, 6.07) is 16.6. The van der Waals surface area contributed by atoms with Gasteiger partial charge in [-0.05, 0) is 67.1 Å². The van der Waals surface area contributed by atoms with E-state index in [-0.39, 0.29) is 10.8 Å². The summed E-state index contributed by atoms with van der Waals surface area (Å²) in [5.41, 5.74) is 0.934. The summed E-state index contributed by atoms with van der Waals surface area (Å²) in [7, 11) is -0.559. The third kappa shape index (κ3) is 7.21. The van der Waals surface area contributed by atoms with Gasteiger partial charge in [0.1, 0.15) is 10.8 Å². The van der Waals surface area contributed by atoms with Gasteiger partial charge in [-0.15, -0.1) is 0 Å². The highest BCUT2D eigenvalue weighted by Crippen LogP contribution is 2.28. The highest BCUT2D eigenvalue weighted by Gasteiger charge is 2.14. The van der Waals surface area contributed by atoms with Gasteiger partial charge in [0.15, 0.2) is 0 Å². The maximum atomic E-state index is 12.6. The zero-order chi connectivity index (χ0) is 23.7. The highest BCUT2D eigenvalue weighted by molar-refractivity contribution is 7.99. The molecule has 0 unspecified atom stereocenters. The number of ether oxygens (including phenoxy) is 2. The molecule has 1 amide bonds. The number of rotatable bonds is 11. The van der Waals surface area contributed by atoms with Gasteiger partial charge in [0.2, 0.25) is 0 Å². The van der Waals surface area contributed by atoms with Gasteiger partial charge < -0.3 is 14.8 Å². The van der Waals surface area contributed by atoms with E-state index in [4.69, 9.17) is 9.47 Å². The predicted octanol–water partition coefficient (Wildman–Crippen LogP) is 3.81. The van der Waals surface area contributed by atoms with Crippen LogP contribution in [0.2, 0.25) is 0 Å². The minimum atomic E-state index is -3.70. The van der Waals surface area contributed by atoms with Gasteiger partial charge in [0.25, 0.3) is 15.9 Å². The number of methoxy groups -OCH3 is 2. The van der Waals surface area contributed by atoms with Crippen LogP contribution in [-0.4, -0.2) is 46.7 Å². The van der Waals surface area contributed by atoms with Crippen molar-refractivity contribution >= 4 is 33.4 Å². The van der Waals surface area contributed by atoms with Gasteiger partial charge >= 0.3 is 0 Å². The number of nitrogens with zero attached hydrogens (tertiary/aromatic N) is 1. The highest BCUT2D eigenvalue weighted by atomic mass is 32.2. The van der Waals surface area contributed by atoms with Crippen molar-refractivity contribution in [2.75, 3.05) is 32.1 Å². The van der Waals surface area contributed by atoms with Gasteiger partial charge in [0.05, 0.1) is 17.6 Å². The number of amides is 1. The van der Waals surface area contributed by atoms with Crippen molar-refractivity contribution in [1.82, 2.24) is 10.3 Å². The first-order chi connectivity index (χ1) is 15.9. The fourth-order valence-corrected chi connectivity index (χ4v) is 4.59. The molecule has 174 valence electrons. The van der Waals surface area contributed by atoms with Crippen LogP contribution in [-0.2, 0) is 14.8 Å². The summed E-state index contributed by atoms with van der Waals surface area (Å²) < 4.78 is 37.7. The maximum Gasteiger partial charge on any atom is 0.261 e. The third-order valence-corrected chi connectivity index (χ3v) is 6.86. The molecule has 0 saturated carbocycles. The average Bonchev–Trinajstić information content (AvgIpc) is 2.83. The van der Waals surface area contributed by atoms with E-state index in [1.807, 2.05) is 0 Å². The number of benzene rings is 2. The number of carbonyl (C=O) groups excluding carboxylic acids is 1. The van der Waals surface area contributed by atoms with Crippen LogP contribution in [0.4, 0.5) is 5.69 Å². The largest absolute Gasteiger partial charge is 0.497 e. The van der Waals surface area contributed by atoms with Crippen LogP contribution in [0, 0.1) is 0 Å². The van der Waals surface area contributed by atoms with Crippen LogP contribution in [0.1, 0.15) is 16.8 Å². The van der Waals surface area contributed by atoms with Crippen LogP contribution in [0.5, 0.6) is 5.75 Å². The fraction of sp³-hybridized carbons (Fsp3) is 0.217. The third-order valence-electron chi connectivity index (χ3n) is 4.51. The Hall–Kier alpha value is -3.08. The second-order valence-electron chi connectivity index (χ2n) is 6.89. The number of sulfonamides is 1. The lowest BCUT2D eigenvalue weighted by molar-refractivity contribution is 0.0948. The molecular formula is C23H25N3O5S2. The normalized spacial score (nSPS) is 11.1. The predicted molar refractivity (Wildman–Crippen MR) is 127 cm³/mol. The zero-order valence-corrected chi connectivity index (χ0v) is 19.9. The first-order valence-corrected chi connectivity index (χ1v) is 12.4. The van der Waals surface area contributed by atoms with Crippen LogP contribution in [0.25, 0.3) is 0 Å². The molecule has 0 aliphatic rings. The lowest BCUT2D eigenvalue weighted by Gasteiger charge is -2.09. The lowest BCUT2D eigenvalue weighted by atomic mass is 10.2. The minimum absolute atomic E-state index is 0.147. The second kappa shape index (κ2) is 11.7. The Morgan fingerprint density at radius 1 is 1.00 bits per heavy atom. The number of hydrogen-bond donors (Lipinski definition) is 2.